The Balaban J connectivity index is 1.08. The van der Waals surface area contributed by atoms with Gasteiger partial charge in [0.25, 0.3) is 5.91 Å². The van der Waals surface area contributed by atoms with Crippen LogP contribution in [0.15, 0.2) is 114 Å². The molecule has 2 N–H and O–H groups in total. The minimum atomic E-state index is -0.300. The van der Waals surface area contributed by atoms with Crippen molar-refractivity contribution in [3.05, 3.63) is 137 Å². The van der Waals surface area contributed by atoms with Gasteiger partial charge in [0.05, 0.1) is 17.0 Å². The fraction of sp³-hybridized carbons (Fsp3) is 0.0303. The molecule has 2 amide bonds. The SMILES string of the molecule is O=C(CSc1ccc(NC(=O)c2ccc3ccccc3c2)cc1)Nc1cccc2c1C(=O)c1ccccc1C2=O. The van der Waals surface area contributed by atoms with Crippen molar-refractivity contribution >= 4 is 57.3 Å². The number of nitrogens with one attached hydrogen (secondary N) is 2. The first-order valence-corrected chi connectivity index (χ1v) is 13.6. The van der Waals surface area contributed by atoms with Gasteiger partial charge in [-0.3, -0.25) is 19.2 Å². The monoisotopic (exact) mass is 542 g/mol. The number of carbonyl (C=O) groups excluding carboxylic acids is 4. The summed E-state index contributed by atoms with van der Waals surface area (Å²) in [5.41, 5.74) is 2.75. The van der Waals surface area contributed by atoms with Crippen LogP contribution in [0.2, 0.25) is 0 Å². The Kier molecular flexibility index (Phi) is 6.72. The van der Waals surface area contributed by atoms with Gasteiger partial charge in [-0.15, -0.1) is 11.8 Å². The Labute approximate surface area is 234 Å². The van der Waals surface area contributed by atoms with Crippen molar-refractivity contribution in [3.8, 4) is 0 Å². The molecule has 194 valence electrons. The highest BCUT2D eigenvalue weighted by Gasteiger charge is 2.31. The topological polar surface area (TPSA) is 92.3 Å². The van der Waals surface area contributed by atoms with Crippen LogP contribution in [0.25, 0.3) is 10.8 Å². The standard InChI is InChI=1S/C33H22N2O4S/c36-29(35-28-11-5-10-27-30(28)32(38)26-9-4-3-8-25(26)31(27)37)19-40-24-16-14-23(15-17-24)34-33(39)22-13-12-20-6-1-2-7-21(20)18-22/h1-18H,19H2,(H,34,39)(H,35,36). The zero-order chi connectivity index (χ0) is 27.6. The van der Waals surface area contributed by atoms with Crippen LogP contribution < -0.4 is 10.6 Å². The maximum absolute atomic E-state index is 13.2. The first kappa shape index (κ1) is 25.3. The molecule has 7 heteroatoms. The lowest BCUT2D eigenvalue weighted by Crippen LogP contribution is -2.24. The highest BCUT2D eigenvalue weighted by Crippen LogP contribution is 2.32. The predicted octanol–water partition coefficient (Wildman–Crippen LogP) is 6.60. The number of carbonyl (C=O) groups is 4. The van der Waals surface area contributed by atoms with Crippen LogP contribution in [0.3, 0.4) is 0 Å². The molecule has 0 atom stereocenters. The number of hydrogen-bond acceptors (Lipinski definition) is 5. The Morgan fingerprint density at radius 2 is 1.30 bits per heavy atom. The number of hydrogen-bond donors (Lipinski definition) is 2. The molecule has 0 bridgehead atoms. The van der Waals surface area contributed by atoms with Crippen molar-refractivity contribution in [1.82, 2.24) is 0 Å². The Bertz CT molecular complexity index is 1830. The number of ketones is 2. The van der Waals surface area contributed by atoms with Gasteiger partial charge in [-0.2, -0.15) is 0 Å². The van der Waals surface area contributed by atoms with Crippen LogP contribution >= 0.6 is 11.8 Å². The molecule has 1 aliphatic rings. The number of fused-ring (bicyclic) bond motifs is 3. The number of amides is 2. The molecule has 0 fully saturated rings. The summed E-state index contributed by atoms with van der Waals surface area (Å²) >= 11 is 1.32. The van der Waals surface area contributed by atoms with Crippen molar-refractivity contribution in [3.63, 3.8) is 0 Å². The molecule has 1 aliphatic carbocycles. The fourth-order valence-corrected chi connectivity index (χ4v) is 5.45. The van der Waals surface area contributed by atoms with Gasteiger partial charge in [-0.05, 0) is 53.2 Å². The second kappa shape index (κ2) is 10.6. The van der Waals surface area contributed by atoms with Gasteiger partial charge in [-0.25, -0.2) is 0 Å². The quantitative estimate of drug-likeness (QED) is 0.232. The minimum Gasteiger partial charge on any atom is -0.325 e. The molecule has 5 aromatic rings. The van der Waals surface area contributed by atoms with Crippen molar-refractivity contribution in [2.75, 3.05) is 16.4 Å². The molecule has 0 aromatic heterocycles. The van der Waals surface area contributed by atoms with Gasteiger partial charge in [-0.1, -0.05) is 66.7 Å². The molecule has 6 nitrogen and oxygen atoms in total. The van der Waals surface area contributed by atoms with Crippen LogP contribution in [-0.4, -0.2) is 29.1 Å². The Morgan fingerprint density at radius 1 is 0.625 bits per heavy atom. The van der Waals surface area contributed by atoms with Crippen molar-refractivity contribution in [2.45, 2.75) is 4.90 Å². The summed E-state index contributed by atoms with van der Waals surface area (Å²) in [6.07, 6.45) is 0. The number of thioether (sulfide) groups is 1. The molecule has 0 heterocycles. The molecule has 0 unspecified atom stereocenters. The lowest BCUT2D eigenvalue weighted by Gasteiger charge is -2.20. The molecular formula is C33H22N2O4S. The van der Waals surface area contributed by atoms with E-state index in [1.54, 1.807) is 60.7 Å². The largest absolute Gasteiger partial charge is 0.325 e. The summed E-state index contributed by atoms with van der Waals surface area (Å²) in [7, 11) is 0. The van der Waals surface area contributed by atoms with E-state index in [4.69, 9.17) is 0 Å². The van der Waals surface area contributed by atoms with E-state index in [9.17, 15) is 19.2 Å². The van der Waals surface area contributed by atoms with Crippen molar-refractivity contribution in [2.24, 2.45) is 0 Å². The zero-order valence-electron chi connectivity index (χ0n) is 21.1. The van der Waals surface area contributed by atoms with Crippen LogP contribution in [0.1, 0.15) is 42.2 Å². The lowest BCUT2D eigenvalue weighted by molar-refractivity contribution is -0.113. The van der Waals surface area contributed by atoms with E-state index in [-0.39, 0.29) is 40.3 Å². The Hall–Kier alpha value is -5.01. The van der Waals surface area contributed by atoms with E-state index in [0.29, 0.717) is 28.1 Å². The van der Waals surface area contributed by atoms with Gasteiger partial charge < -0.3 is 10.6 Å². The van der Waals surface area contributed by atoms with E-state index < -0.39 is 0 Å². The second-order valence-electron chi connectivity index (χ2n) is 9.31. The van der Waals surface area contributed by atoms with E-state index in [2.05, 4.69) is 10.6 Å². The van der Waals surface area contributed by atoms with E-state index >= 15 is 0 Å². The lowest BCUT2D eigenvalue weighted by atomic mass is 9.83. The third kappa shape index (κ3) is 4.90. The van der Waals surface area contributed by atoms with E-state index in [0.717, 1.165) is 15.7 Å². The summed E-state index contributed by atoms with van der Waals surface area (Å²) in [5.74, 6) is -0.914. The van der Waals surface area contributed by atoms with Crippen molar-refractivity contribution in [1.29, 1.82) is 0 Å². The van der Waals surface area contributed by atoms with Gasteiger partial charge in [0, 0.05) is 32.8 Å². The maximum atomic E-state index is 13.2. The summed E-state index contributed by atoms with van der Waals surface area (Å²) in [5, 5.41) is 7.77. The van der Waals surface area contributed by atoms with E-state index in [1.807, 2.05) is 48.5 Å². The molecule has 6 rings (SSSR count). The van der Waals surface area contributed by atoms with Crippen LogP contribution in [0.5, 0.6) is 0 Å². The molecule has 5 aromatic carbocycles. The van der Waals surface area contributed by atoms with Gasteiger partial charge >= 0.3 is 0 Å². The van der Waals surface area contributed by atoms with Gasteiger partial charge in [0.15, 0.2) is 11.6 Å². The first-order valence-electron chi connectivity index (χ1n) is 12.6. The number of benzene rings is 5. The average molecular weight is 543 g/mol. The average Bonchev–Trinajstić information content (AvgIpc) is 2.99. The van der Waals surface area contributed by atoms with Crippen LogP contribution in [-0.2, 0) is 4.79 Å². The molecule has 0 aliphatic heterocycles. The minimum absolute atomic E-state index is 0.102. The Morgan fingerprint density at radius 3 is 2.08 bits per heavy atom. The summed E-state index contributed by atoms with van der Waals surface area (Å²) in [4.78, 5) is 52.4. The molecule has 40 heavy (non-hydrogen) atoms. The van der Waals surface area contributed by atoms with Gasteiger partial charge in [0.2, 0.25) is 5.91 Å². The molecule has 0 spiro atoms. The first-order chi connectivity index (χ1) is 19.5. The summed E-state index contributed by atoms with van der Waals surface area (Å²) in [6.45, 7) is 0. The molecule has 0 radical (unpaired) electrons. The predicted molar refractivity (Wildman–Crippen MR) is 157 cm³/mol. The van der Waals surface area contributed by atoms with Crippen LogP contribution in [0, 0.1) is 0 Å². The number of anilines is 2. The normalized spacial score (nSPS) is 12.0. The summed E-state index contributed by atoms with van der Waals surface area (Å²) < 4.78 is 0. The highest BCUT2D eigenvalue weighted by molar-refractivity contribution is 8.00. The molecule has 0 saturated carbocycles. The molecule has 0 saturated heterocycles. The van der Waals surface area contributed by atoms with E-state index in [1.165, 1.54) is 11.8 Å². The highest BCUT2D eigenvalue weighted by atomic mass is 32.2. The summed E-state index contributed by atoms with van der Waals surface area (Å²) in [6, 6.07) is 32.3. The van der Waals surface area contributed by atoms with Crippen molar-refractivity contribution < 1.29 is 19.2 Å². The third-order valence-corrected chi connectivity index (χ3v) is 7.73. The maximum Gasteiger partial charge on any atom is 0.255 e. The van der Waals surface area contributed by atoms with Gasteiger partial charge in [0.1, 0.15) is 0 Å². The smallest absolute Gasteiger partial charge is 0.255 e. The fourth-order valence-electron chi connectivity index (χ4n) is 4.75. The third-order valence-electron chi connectivity index (χ3n) is 6.72. The van der Waals surface area contributed by atoms with Crippen LogP contribution in [0.4, 0.5) is 11.4 Å². The molecular weight excluding hydrogens is 520 g/mol. The zero-order valence-corrected chi connectivity index (χ0v) is 22.0. The second-order valence-corrected chi connectivity index (χ2v) is 10.4. The number of rotatable bonds is 6.